The molecular weight excluding hydrogens is 220 g/mol. The smallest absolute Gasteiger partial charge is 0.0200 e. The molecule has 1 saturated heterocycles. The van der Waals surface area contributed by atoms with Crippen molar-refractivity contribution < 1.29 is 0 Å². The summed E-state index contributed by atoms with van der Waals surface area (Å²) in [4.78, 5) is 2.78. The number of hydrogen-bond donors (Lipinski definition) is 1. The Hall–Kier alpha value is -0.0800. The molecule has 0 aromatic heterocycles. The molecule has 3 fully saturated rings. The van der Waals surface area contributed by atoms with Crippen LogP contribution < -0.4 is 5.32 Å². The molecule has 1 aliphatic heterocycles. The molecule has 104 valence electrons. The van der Waals surface area contributed by atoms with Crippen molar-refractivity contribution in [3.63, 3.8) is 0 Å². The second-order valence-corrected chi connectivity index (χ2v) is 7.04. The van der Waals surface area contributed by atoms with Crippen LogP contribution in [-0.4, -0.2) is 36.6 Å². The average molecular weight is 250 g/mol. The van der Waals surface area contributed by atoms with Crippen LogP contribution in [0.5, 0.6) is 0 Å². The van der Waals surface area contributed by atoms with Crippen LogP contribution in [0.15, 0.2) is 0 Å². The van der Waals surface area contributed by atoms with Crippen molar-refractivity contribution in [3.05, 3.63) is 0 Å². The minimum Gasteiger partial charge on any atom is -0.310 e. The first-order valence-corrected chi connectivity index (χ1v) is 8.32. The highest BCUT2D eigenvalue weighted by Gasteiger charge is 2.33. The molecule has 2 aliphatic carbocycles. The zero-order chi connectivity index (χ0) is 12.4. The molecule has 0 radical (unpaired) electrons. The molecule has 1 heterocycles. The van der Waals surface area contributed by atoms with Gasteiger partial charge in [-0.25, -0.2) is 0 Å². The van der Waals surface area contributed by atoms with Crippen LogP contribution >= 0.6 is 0 Å². The Bertz CT molecular complexity index is 236. The van der Waals surface area contributed by atoms with E-state index in [0.717, 1.165) is 23.9 Å². The fourth-order valence-corrected chi connectivity index (χ4v) is 3.52. The molecule has 2 heteroatoms. The lowest BCUT2D eigenvalue weighted by atomic mass is 9.89. The van der Waals surface area contributed by atoms with Crippen LogP contribution in [-0.2, 0) is 0 Å². The van der Waals surface area contributed by atoms with Gasteiger partial charge in [0.1, 0.15) is 0 Å². The van der Waals surface area contributed by atoms with E-state index in [-0.39, 0.29) is 0 Å². The largest absolute Gasteiger partial charge is 0.310 e. The van der Waals surface area contributed by atoms with Gasteiger partial charge in [-0.15, -0.1) is 0 Å². The summed E-state index contributed by atoms with van der Waals surface area (Å²) in [7, 11) is 0. The zero-order valence-electron chi connectivity index (χ0n) is 12.0. The van der Waals surface area contributed by atoms with Gasteiger partial charge in [-0.05, 0) is 50.4 Å². The van der Waals surface area contributed by atoms with Gasteiger partial charge in [0, 0.05) is 31.7 Å². The van der Waals surface area contributed by atoms with Crippen LogP contribution in [0.3, 0.4) is 0 Å². The highest BCUT2D eigenvalue weighted by Crippen LogP contribution is 2.32. The molecule has 2 unspecified atom stereocenters. The summed E-state index contributed by atoms with van der Waals surface area (Å²) < 4.78 is 0. The maximum atomic E-state index is 3.88. The van der Waals surface area contributed by atoms with Gasteiger partial charge < -0.3 is 10.2 Å². The number of unbranched alkanes of at least 4 members (excludes halogenated alkanes) is 1. The Morgan fingerprint density at radius 3 is 2.50 bits per heavy atom. The van der Waals surface area contributed by atoms with Crippen molar-refractivity contribution in [1.29, 1.82) is 0 Å². The Morgan fingerprint density at radius 2 is 1.83 bits per heavy atom. The Balaban J connectivity index is 1.49. The van der Waals surface area contributed by atoms with Gasteiger partial charge in [0.15, 0.2) is 0 Å². The van der Waals surface area contributed by atoms with Crippen molar-refractivity contribution in [1.82, 2.24) is 10.2 Å². The van der Waals surface area contributed by atoms with Crippen LogP contribution in [0, 0.1) is 11.8 Å². The van der Waals surface area contributed by atoms with Gasteiger partial charge in [-0.3, -0.25) is 0 Å². The Morgan fingerprint density at radius 1 is 1.00 bits per heavy atom. The monoisotopic (exact) mass is 250 g/mol. The quantitative estimate of drug-likeness (QED) is 0.747. The van der Waals surface area contributed by atoms with Crippen LogP contribution in [0.4, 0.5) is 0 Å². The number of likely N-dealkylation sites (tertiary alicyclic amines) is 1. The summed E-state index contributed by atoms with van der Waals surface area (Å²) >= 11 is 0. The number of hydrogen-bond acceptors (Lipinski definition) is 2. The lowest BCUT2D eigenvalue weighted by Crippen LogP contribution is -2.50. The van der Waals surface area contributed by atoms with Gasteiger partial charge >= 0.3 is 0 Å². The topological polar surface area (TPSA) is 15.3 Å². The highest BCUT2D eigenvalue weighted by atomic mass is 15.2. The number of nitrogens with zero attached hydrogens (tertiary/aromatic N) is 1. The van der Waals surface area contributed by atoms with Gasteiger partial charge in [-0.1, -0.05) is 19.8 Å². The van der Waals surface area contributed by atoms with E-state index in [9.17, 15) is 0 Å². The maximum absolute atomic E-state index is 3.88. The Kier molecular flexibility index (Phi) is 4.25. The van der Waals surface area contributed by atoms with Crippen molar-refractivity contribution in [2.75, 3.05) is 19.6 Å². The van der Waals surface area contributed by atoms with Crippen molar-refractivity contribution in [2.24, 2.45) is 11.8 Å². The van der Waals surface area contributed by atoms with Gasteiger partial charge in [0.05, 0.1) is 0 Å². The SMILES string of the molecule is CCCCC1CC(NC2CC2)CN(CC2CC2)C1. The number of piperidine rings is 1. The van der Waals surface area contributed by atoms with E-state index in [0.29, 0.717) is 0 Å². The summed E-state index contributed by atoms with van der Waals surface area (Å²) in [6, 6.07) is 1.68. The third-order valence-corrected chi connectivity index (χ3v) is 4.84. The minimum atomic E-state index is 0.798. The summed E-state index contributed by atoms with van der Waals surface area (Å²) in [5, 5.41) is 3.88. The fourth-order valence-electron chi connectivity index (χ4n) is 3.52. The molecule has 2 atom stereocenters. The lowest BCUT2D eigenvalue weighted by molar-refractivity contribution is 0.129. The predicted octanol–water partition coefficient (Wildman–Crippen LogP) is 3.03. The molecule has 18 heavy (non-hydrogen) atoms. The molecule has 3 rings (SSSR count). The van der Waals surface area contributed by atoms with E-state index in [4.69, 9.17) is 0 Å². The van der Waals surface area contributed by atoms with Gasteiger partial charge in [-0.2, -0.15) is 0 Å². The van der Waals surface area contributed by atoms with Gasteiger partial charge in [0.2, 0.25) is 0 Å². The maximum Gasteiger partial charge on any atom is 0.0200 e. The molecule has 0 spiro atoms. The predicted molar refractivity (Wildman–Crippen MR) is 76.7 cm³/mol. The van der Waals surface area contributed by atoms with Crippen molar-refractivity contribution in [2.45, 2.75) is 70.4 Å². The molecule has 2 nitrogen and oxygen atoms in total. The Labute approximate surface area is 113 Å². The van der Waals surface area contributed by atoms with Crippen LogP contribution in [0.25, 0.3) is 0 Å². The van der Waals surface area contributed by atoms with Crippen molar-refractivity contribution in [3.8, 4) is 0 Å². The molecule has 2 saturated carbocycles. The second-order valence-electron chi connectivity index (χ2n) is 7.04. The molecular formula is C16H30N2. The van der Waals surface area contributed by atoms with E-state index in [2.05, 4.69) is 17.1 Å². The fraction of sp³-hybridized carbons (Fsp3) is 1.00. The standard InChI is InChI=1S/C16H30N2/c1-2-3-4-14-9-16(17-15-7-8-15)12-18(11-14)10-13-5-6-13/h13-17H,2-12H2,1H3. The second kappa shape index (κ2) is 5.92. The zero-order valence-corrected chi connectivity index (χ0v) is 12.0. The molecule has 3 aliphatic rings. The first kappa shape index (κ1) is 12.9. The van der Waals surface area contributed by atoms with E-state index in [1.165, 1.54) is 71.0 Å². The molecule has 0 amide bonds. The lowest BCUT2D eigenvalue weighted by Gasteiger charge is -2.38. The van der Waals surface area contributed by atoms with E-state index in [1.54, 1.807) is 0 Å². The summed E-state index contributed by atoms with van der Waals surface area (Å²) in [6.07, 6.45) is 11.5. The molecule has 0 aromatic rings. The third-order valence-electron chi connectivity index (χ3n) is 4.84. The normalized spacial score (nSPS) is 33.8. The van der Waals surface area contributed by atoms with Gasteiger partial charge in [0.25, 0.3) is 0 Å². The van der Waals surface area contributed by atoms with E-state index >= 15 is 0 Å². The first-order valence-electron chi connectivity index (χ1n) is 8.32. The van der Waals surface area contributed by atoms with Crippen LogP contribution in [0.1, 0.15) is 58.3 Å². The number of nitrogens with one attached hydrogen (secondary N) is 1. The summed E-state index contributed by atoms with van der Waals surface area (Å²) in [5.41, 5.74) is 0. The average Bonchev–Trinajstić information content (AvgIpc) is 3.22. The molecule has 1 N–H and O–H groups in total. The summed E-state index contributed by atoms with van der Waals surface area (Å²) in [5.74, 6) is 2.02. The summed E-state index contributed by atoms with van der Waals surface area (Å²) in [6.45, 7) is 6.44. The van der Waals surface area contributed by atoms with Crippen LogP contribution in [0.2, 0.25) is 0 Å². The number of rotatable bonds is 7. The minimum absolute atomic E-state index is 0.798. The highest BCUT2D eigenvalue weighted by molar-refractivity contribution is 4.91. The first-order chi connectivity index (χ1) is 8.83. The van der Waals surface area contributed by atoms with Crippen molar-refractivity contribution >= 4 is 0 Å². The third kappa shape index (κ3) is 3.96. The molecule has 0 aromatic carbocycles. The molecule has 0 bridgehead atoms. The van der Waals surface area contributed by atoms with E-state index < -0.39 is 0 Å². The van der Waals surface area contributed by atoms with E-state index in [1.807, 2.05) is 0 Å².